The van der Waals surface area contributed by atoms with Gasteiger partial charge in [0.1, 0.15) is 0 Å². The standard InChI is InChI=1S/C19H29N3O2/c1-3-20-14(2)13-21-18(23)16-10-7-11-17(12-16)22-19(24)15-8-5-4-6-9-15/h7,10-12,14-15,20H,3-6,8-9,13H2,1-2H3,(H,21,23)(H,22,24)/t14-/m1/s1. The molecule has 1 aromatic rings. The minimum atomic E-state index is -0.117. The summed E-state index contributed by atoms with van der Waals surface area (Å²) < 4.78 is 0. The van der Waals surface area contributed by atoms with E-state index >= 15 is 0 Å². The lowest BCUT2D eigenvalue weighted by atomic mass is 9.88. The number of hydrogen-bond acceptors (Lipinski definition) is 3. The van der Waals surface area contributed by atoms with E-state index in [1.54, 1.807) is 18.2 Å². The summed E-state index contributed by atoms with van der Waals surface area (Å²) in [6, 6.07) is 7.38. The van der Waals surface area contributed by atoms with Crippen molar-refractivity contribution in [2.45, 2.75) is 52.0 Å². The second-order valence-electron chi connectivity index (χ2n) is 6.57. The van der Waals surface area contributed by atoms with Gasteiger partial charge < -0.3 is 16.0 Å². The number of likely N-dealkylation sites (N-methyl/N-ethyl adjacent to an activating group) is 1. The third-order valence-electron chi connectivity index (χ3n) is 4.49. The highest BCUT2D eigenvalue weighted by molar-refractivity contribution is 5.97. The second kappa shape index (κ2) is 9.42. The van der Waals surface area contributed by atoms with Crippen molar-refractivity contribution >= 4 is 17.5 Å². The van der Waals surface area contributed by atoms with Crippen LogP contribution in [0, 0.1) is 5.92 Å². The molecule has 1 saturated carbocycles. The molecule has 0 aliphatic heterocycles. The van der Waals surface area contributed by atoms with Gasteiger partial charge in [-0.3, -0.25) is 9.59 Å². The van der Waals surface area contributed by atoms with Gasteiger partial charge in [0.2, 0.25) is 5.91 Å². The zero-order valence-corrected chi connectivity index (χ0v) is 14.7. The Morgan fingerprint density at radius 1 is 1.21 bits per heavy atom. The molecule has 132 valence electrons. The van der Waals surface area contributed by atoms with E-state index in [0.717, 1.165) is 32.2 Å². The Labute approximate surface area is 144 Å². The number of nitrogens with one attached hydrogen (secondary N) is 3. The molecule has 0 heterocycles. The van der Waals surface area contributed by atoms with E-state index in [4.69, 9.17) is 0 Å². The van der Waals surface area contributed by atoms with E-state index < -0.39 is 0 Å². The van der Waals surface area contributed by atoms with Gasteiger partial charge in [0.05, 0.1) is 0 Å². The Kier molecular flexibility index (Phi) is 7.25. The molecule has 0 spiro atoms. The Bertz CT molecular complexity index is 553. The fourth-order valence-electron chi connectivity index (χ4n) is 3.12. The Hall–Kier alpha value is -1.88. The Balaban J connectivity index is 1.90. The fraction of sp³-hybridized carbons (Fsp3) is 0.579. The summed E-state index contributed by atoms with van der Waals surface area (Å²) in [7, 11) is 0. The first-order valence-corrected chi connectivity index (χ1v) is 9.02. The highest BCUT2D eigenvalue weighted by Crippen LogP contribution is 2.25. The zero-order chi connectivity index (χ0) is 17.4. The molecule has 0 saturated heterocycles. The highest BCUT2D eigenvalue weighted by atomic mass is 16.2. The van der Waals surface area contributed by atoms with E-state index in [1.165, 1.54) is 6.42 Å². The summed E-state index contributed by atoms with van der Waals surface area (Å²) in [4.78, 5) is 24.6. The lowest BCUT2D eigenvalue weighted by molar-refractivity contribution is -0.120. The predicted octanol–water partition coefficient (Wildman–Crippen LogP) is 2.93. The molecule has 1 aliphatic carbocycles. The molecule has 0 aromatic heterocycles. The van der Waals surface area contributed by atoms with E-state index in [2.05, 4.69) is 16.0 Å². The topological polar surface area (TPSA) is 70.2 Å². The van der Waals surface area contributed by atoms with Crippen molar-refractivity contribution in [1.82, 2.24) is 10.6 Å². The number of hydrogen-bond donors (Lipinski definition) is 3. The molecule has 24 heavy (non-hydrogen) atoms. The maximum atomic E-state index is 12.3. The van der Waals surface area contributed by atoms with Crippen LogP contribution in [-0.4, -0.2) is 30.9 Å². The smallest absolute Gasteiger partial charge is 0.251 e. The molecule has 5 heteroatoms. The summed E-state index contributed by atoms with van der Waals surface area (Å²) in [6.07, 6.45) is 5.42. The molecule has 0 bridgehead atoms. The number of carbonyl (C=O) groups is 2. The summed E-state index contributed by atoms with van der Waals surface area (Å²) in [5.41, 5.74) is 1.26. The summed E-state index contributed by atoms with van der Waals surface area (Å²) in [6.45, 7) is 5.52. The molecular formula is C19H29N3O2. The van der Waals surface area contributed by atoms with Crippen molar-refractivity contribution in [2.75, 3.05) is 18.4 Å². The van der Waals surface area contributed by atoms with Crippen LogP contribution in [0.25, 0.3) is 0 Å². The minimum absolute atomic E-state index is 0.0769. The highest BCUT2D eigenvalue weighted by Gasteiger charge is 2.21. The maximum absolute atomic E-state index is 12.3. The molecule has 5 nitrogen and oxygen atoms in total. The lowest BCUT2D eigenvalue weighted by Crippen LogP contribution is -2.38. The molecule has 2 rings (SSSR count). The van der Waals surface area contributed by atoms with Crippen molar-refractivity contribution in [2.24, 2.45) is 5.92 Å². The van der Waals surface area contributed by atoms with Crippen LogP contribution in [0.5, 0.6) is 0 Å². The number of carbonyl (C=O) groups excluding carboxylic acids is 2. The molecule has 1 aliphatic rings. The Morgan fingerprint density at radius 3 is 2.67 bits per heavy atom. The van der Waals surface area contributed by atoms with Gasteiger partial charge in [0.15, 0.2) is 0 Å². The first-order chi connectivity index (χ1) is 11.6. The molecule has 1 atom stereocenters. The molecule has 1 fully saturated rings. The van der Waals surface area contributed by atoms with Gasteiger partial charge in [0, 0.05) is 29.8 Å². The monoisotopic (exact) mass is 331 g/mol. The van der Waals surface area contributed by atoms with E-state index in [9.17, 15) is 9.59 Å². The van der Waals surface area contributed by atoms with Crippen molar-refractivity contribution < 1.29 is 9.59 Å². The molecule has 1 aromatic carbocycles. The first kappa shape index (κ1) is 18.5. The predicted molar refractivity (Wildman–Crippen MR) is 97.1 cm³/mol. The van der Waals surface area contributed by atoms with Gasteiger partial charge in [-0.2, -0.15) is 0 Å². The number of amides is 2. The largest absolute Gasteiger partial charge is 0.350 e. The Morgan fingerprint density at radius 2 is 1.96 bits per heavy atom. The first-order valence-electron chi connectivity index (χ1n) is 9.02. The average Bonchev–Trinajstić information content (AvgIpc) is 2.61. The van der Waals surface area contributed by atoms with Gasteiger partial charge in [0.25, 0.3) is 5.91 Å². The summed E-state index contributed by atoms with van der Waals surface area (Å²) in [5.74, 6) is 0.0683. The average molecular weight is 331 g/mol. The van der Waals surface area contributed by atoms with Gasteiger partial charge in [-0.15, -0.1) is 0 Å². The number of benzene rings is 1. The molecular weight excluding hydrogens is 302 g/mol. The lowest BCUT2D eigenvalue weighted by Gasteiger charge is -2.20. The summed E-state index contributed by atoms with van der Waals surface area (Å²) in [5, 5.41) is 9.13. The zero-order valence-electron chi connectivity index (χ0n) is 14.7. The van der Waals surface area contributed by atoms with Crippen LogP contribution >= 0.6 is 0 Å². The molecule has 3 N–H and O–H groups in total. The van der Waals surface area contributed by atoms with Crippen LogP contribution in [0.15, 0.2) is 24.3 Å². The number of anilines is 1. The normalized spacial score (nSPS) is 16.4. The van der Waals surface area contributed by atoms with Crippen molar-refractivity contribution in [3.8, 4) is 0 Å². The van der Waals surface area contributed by atoms with Crippen LogP contribution in [0.3, 0.4) is 0 Å². The van der Waals surface area contributed by atoms with Crippen LogP contribution in [-0.2, 0) is 4.79 Å². The van der Waals surface area contributed by atoms with Gasteiger partial charge in [-0.05, 0) is 44.5 Å². The van der Waals surface area contributed by atoms with E-state index in [1.807, 2.05) is 19.9 Å². The third-order valence-corrected chi connectivity index (χ3v) is 4.49. The van der Waals surface area contributed by atoms with Crippen LogP contribution in [0.4, 0.5) is 5.69 Å². The van der Waals surface area contributed by atoms with Gasteiger partial charge in [-0.1, -0.05) is 32.3 Å². The summed E-state index contributed by atoms with van der Waals surface area (Å²) >= 11 is 0. The number of rotatable bonds is 7. The molecule has 0 unspecified atom stereocenters. The van der Waals surface area contributed by atoms with Crippen LogP contribution in [0.1, 0.15) is 56.3 Å². The fourth-order valence-corrected chi connectivity index (χ4v) is 3.12. The van der Waals surface area contributed by atoms with Gasteiger partial charge in [-0.25, -0.2) is 0 Å². The third kappa shape index (κ3) is 5.64. The minimum Gasteiger partial charge on any atom is -0.350 e. The van der Waals surface area contributed by atoms with Crippen LogP contribution in [0.2, 0.25) is 0 Å². The quantitative estimate of drug-likeness (QED) is 0.719. The van der Waals surface area contributed by atoms with Crippen molar-refractivity contribution in [3.63, 3.8) is 0 Å². The molecule has 2 amide bonds. The van der Waals surface area contributed by atoms with Crippen molar-refractivity contribution in [1.29, 1.82) is 0 Å². The van der Waals surface area contributed by atoms with Crippen LogP contribution < -0.4 is 16.0 Å². The molecule has 0 radical (unpaired) electrons. The van der Waals surface area contributed by atoms with E-state index in [0.29, 0.717) is 17.8 Å². The van der Waals surface area contributed by atoms with E-state index in [-0.39, 0.29) is 23.8 Å². The van der Waals surface area contributed by atoms with Gasteiger partial charge >= 0.3 is 0 Å². The maximum Gasteiger partial charge on any atom is 0.251 e. The second-order valence-corrected chi connectivity index (χ2v) is 6.57. The van der Waals surface area contributed by atoms with Crippen molar-refractivity contribution in [3.05, 3.63) is 29.8 Å². The SMILES string of the molecule is CCN[C@H](C)CNC(=O)c1cccc(NC(=O)C2CCCCC2)c1.